The molecule has 0 spiro atoms. The average molecular weight is 410 g/mol. The normalized spacial score (nSPS) is 10.6. The van der Waals surface area contributed by atoms with Crippen LogP contribution >= 0.6 is 11.6 Å². The standard InChI is InChI=1S/C21H16ClN3O4/c1-28-19-7-3-5-15(13-19)21(27)29-25-18-10-8-17(9-11-18)23-24-20(26)14-4-2-6-16(22)12-14/h2-13,25H,1H3. The lowest BCUT2D eigenvalue weighted by atomic mass is 10.2. The van der Waals surface area contributed by atoms with Crippen LogP contribution in [0, 0.1) is 0 Å². The van der Waals surface area contributed by atoms with Crippen LogP contribution in [0.5, 0.6) is 5.75 Å². The van der Waals surface area contributed by atoms with E-state index in [0.717, 1.165) is 0 Å². The molecule has 0 saturated carbocycles. The van der Waals surface area contributed by atoms with Crippen LogP contribution in [-0.2, 0) is 4.84 Å². The zero-order valence-corrected chi connectivity index (χ0v) is 16.1. The summed E-state index contributed by atoms with van der Waals surface area (Å²) in [5.41, 5.74) is 4.25. The van der Waals surface area contributed by atoms with Gasteiger partial charge in [-0.1, -0.05) is 23.7 Å². The van der Waals surface area contributed by atoms with Gasteiger partial charge in [0.05, 0.1) is 24.0 Å². The van der Waals surface area contributed by atoms with Crippen LogP contribution in [0.25, 0.3) is 0 Å². The molecule has 146 valence electrons. The van der Waals surface area contributed by atoms with Crippen LogP contribution in [0.3, 0.4) is 0 Å². The van der Waals surface area contributed by atoms with Gasteiger partial charge < -0.3 is 9.57 Å². The van der Waals surface area contributed by atoms with Crippen LogP contribution in [0.1, 0.15) is 20.7 Å². The number of nitrogens with one attached hydrogen (secondary N) is 1. The highest BCUT2D eigenvalue weighted by atomic mass is 35.5. The van der Waals surface area contributed by atoms with E-state index in [1.54, 1.807) is 66.7 Å². The molecule has 0 aliphatic heterocycles. The number of carbonyl (C=O) groups is 2. The van der Waals surface area contributed by atoms with E-state index in [9.17, 15) is 9.59 Å². The highest BCUT2D eigenvalue weighted by Crippen LogP contribution is 2.19. The van der Waals surface area contributed by atoms with Crippen molar-refractivity contribution in [2.24, 2.45) is 10.2 Å². The van der Waals surface area contributed by atoms with Gasteiger partial charge in [0.2, 0.25) is 0 Å². The molecule has 8 heteroatoms. The Bertz CT molecular complexity index is 1050. The van der Waals surface area contributed by atoms with Gasteiger partial charge >= 0.3 is 5.97 Å². The zero-order chi connectivity index (χ0) is 20.6. The second-order valence-corrected chi connectivity index (χ2v) is 6.22. The molecule has 0 unspecified atom stereocenters. The second-order valence-electron chi connectivity index (χ2n) is 5.79. The molecule has 0 aromatic heterocycles. The third kappa shape index (κ3) is 5.63. The number of amides is 1. The van der Waals surface area contributed by atoms with Crippen molar-refractivity contribution in [3.63, 3.8) is 0 Å². The monoisotopic (exact) mass is 409 g/mol. The minimum Gasteiger partial charge on any atom is -0.497 e. The largest absolute Gasteiger partial charge is 0.497 e. The summed E-state index contributed by atoms with van der Waals surface area (Å²) in [5.74, 6) is -0.497. The number of ether oxygens (including phenoxy) is 1. The molecule has 1 N–H and O–H groups in total. The molecule has 0 atom stereocenters. The van der Waals surface area contributed by atoms with Crippen LogP contribution in [0.15, 0.2) is 83.0 Å². The first-order chi connectivity index (χ1) is 14.0. The van der Waals surface area contributed by atoms with Gasteiger partial charge in [-0.25, -0.2) is 10.3 Å². The fourth-order valence-electron chi connectivity index (χ4n) is 2.29. The van der Waals surface area contributed by atoms with Crippen LogP contribution in [0.4, 0.5) is 11.4 Å². The van der Waals surface area contributed by atoms with Gasteiger partial charge in [0.15, 0.2) is 0 Å². The van der Waals surface area contributed by atoms with E-state index in [0.29, 0.717) is 33.3 Å². The number of halogens is 1. The number of hydrogen-bond acceptors (Lipinski definition) is 6. The Morgan fingerprint density at radius 2 is 1.66 bits per heavy atom. The summed E-state index contributed by atoms with van der Waals surface area (Å²) >= 11 is 5.86. The van der Waals surface area contributed by atoms with Gasteiger partial charge in [-0.3, -0.25) is 4.79 Å². The lowest BCUT2D eigenvalue weighted by Gasteiger charge is -2.07. The van der Waals surface area contributed by atoms with E-state index < -0.39 is 11.9 Å². The van der Waals surface area contributed by atoms with Gasteiger partial charge in [-0.05, 0) is 60.7 Å². The molecule has 0 bridgehead atoms. The first kappa shape index (κ1) is 20.0. The van der Waals surface area contributed by atoms with E-state index in [2.05, 4.69) is 15.7 Å². The Labute approximate surface area is 171 Å². The van der Waals surface area contributed by atoms with E-state index in [1.807, 2.05) is 0 Å². The lowest BCUT2D eigenvalue weighted by Crippen LogP contribution is -2.10. The summed E-state index contributed by atoms with van der Waals surface area (Å²) in [6.45, 7) is 0. The third-order valence-electron chi connectivity index (χ3n) is 3.76. The second kappa shape index (κ2) is 9.48. The van der Waals surface area contributed by atoms with Crippen LogP contribution in [-0.4, -0.2) is 19.0 Å². The molecule has 0 fully saturated rings. The average Bonchev–Trinajstić information content (AvgIpc) is 2.76. The Morgan fingerprint density at radius 1 is 0.931 bits per heavy atom. The molecule has 0 heterocycles. The first-order valence-electron chi connectivity index (χ1n) is 8.48. The molecule has 3 rings (SSSR count). The van der Waals surface area contributed by atoms with Crippen molar-refractivity contribution in [1.29, 1.82) is 0 Å². The van der Waals surface area contributed by atoms with Crippen LogP contribution in [0.2, 0.25) is 5.02 Å². The number of rotatable bonds is 6. The van der Waals surface area contributed by atoms with Crippen molar-refractivity contribution < 1.29 is 19.2 Å². The summed E-state index contributed by atoms with van der Waals surface area (Å²) in [6, 6.07) is 19.6. The molecule has 0 aliphatic carbocycles. The van der Waals surface area contributed by atoms with Crippen molar-refractivity contribution in [3.05, 3.63) is 88.9 Å². The van der Waals surface area contributed by atoms with Gasteiger partial charge in [0, 0.05) is 10.6 Å². The number of nitrogens with zero attached hydrogens (tertiary/aromatic N) is 2. The van der Waals surface area contributed by atoms with E-state index in [-0.39, 0.29) is 0 Å². The van der Waals surface area contributed by atoms with Crippen molar-refractivity contribution in [2.75, 3.05) is 12.6 Å². The molecule has 3 aromatic rings. The maximum absolute atomic E-state index is 12.1. The third-order valence-corrected chi connectivity index (χ3v) is 4.00. The van der Waals surface area contributed by atoms with Gasteiger partial charge in [-0.2, -0.15) is 0 Å². The van der Waals surface area contributed by atoms with Gasteiger partial charge in [-0.15, -0.1) is 10.2 Å². The number of methoxy groups -OCH3 is 1. The number of hydrogen-bond donors (Lipinski definition) is 1. The fourth-order valence-corrected chi connectivity index (χ4v) is 2.48. The summed E-state index contributed by atoms with van der Waals surface area (Å²) in [6.07, 6.45) is 0. The molecule has 3 aromatic carbocycles. The fraction of sp³-hybridized carbons (Fsp3) is 0.0476. The number of azo groups is 1. The molecule has 0 saturated heterocycles. The maximum atomic E-state index is 12.1. The van der Waals surface area contributed by atoms with E-state index >= 15 is 0 Å². The number of carbonyl (C=O) groups excluding carboxylic acids is 2. The number of benzene rings is 3. The predicted octanol–water partition coefficient (Wildman–Crippen LogP) is 5.46. The summed E-state index contributed by atoms with van der Waals surface area (Å²) in [4.78, 5) is 29.1. The van der Waals surface area contributed by atoms with Crippen molar-refractivity contribution in [1.82, 2.24) is 0 Å². The Kier molecular flexibility index (Phi) is 6.55. The highest BCUT2D eigenvalue weighted by Gasteiger charge is 2.09. The van der Waals surface area contributed by atoms with Gasteiger partial charge in [0.25, 0.3) is 5.91 Å². The summed E-state index contributed by atoms with van der Waals surface area (Å²) < 4.78 is 5.08. The quantitative estimate of drug-likeness (QED) is 0.431. The predicted molar refractivity (Wildman–Crippen MR) is 109 cm³/mol. The molecule has 0 radical (unpaired) electrons. The van der Waals surface area contributed by atoms with E-state index in [4.69, 9.17) is 21.2 Å². The topological polar surface area (TPSA) is 89.3 Å². The molecular weight excluding hydrogens is 394 g/mol. The Morgan fingerprint density at radius 3 is 2.38 bits per heavy atom. The first-order valence-corrected chi connectivity index (χ1v) is 8.86. The van der Waals surface area contributed by atoms with Crippen molar-refractivity contribution in [2.45, 2.75) is 0 Å². The highest BCUT2D eigenvalue weighted by molar-refractivity contribution is 6.30. The molecular formula is C21H16ClN3O4. The minimum atomic E-state index is -0.556. The zero-order valence-electron chi connectivity index (χ0n) is 15.3. The molecule has 29 heavy (non-hydrogen) atoms. The van der Waals surface area contributed by atoms with Crippen LogP contribution < -0.4 is 10.2 Å². The van der Waals surface area contributed by atoms with Crippen molar-refractivity contribution in [3.8, 4) is 5.75 Å². The van der Waals surface area contributed by atoms with Gasteiger partial charge in [0.1, 0.15) is 5.75 Å². The summed E-state index contributed by atoms with van der Waals surface area (Å²) in [7, 11) is 1.52. The Balaban J connectivity index is 1.57. The maximum Gasteiger partial charge on any atom is 0.362 e. The number of anilines is 1. The molecule has 7 nitrogen and oxygen atoms in total. The molecule has 1 amide bonds. The van der Waals surface area contributed by atoms with E-state index in [1.165, 1.54) is 13.2 Å². The molecule has 0 aliphatic rings. The minimum absolute atomic E-state index is 0.349. The summed E-state index contributed by atoms with van der Waals surface area (Å²) in [5, 5.41) is 8.02. The smallest absolute Gasteiger partial charge is 0.362 e. The SMILES string of the molecule is COc1cccc(C(=O)ONc2ccc(N=NC(=O)c3cccc(Cl)c3)cc2)c1. The van der Waals surface area contributed by atoms with Crippen molar-refractivity contribution >= 4 is 34.9 Å². The Hall–Kier alpha value is -3.71. The lowest BCUT2D eigenvalue weighted by molar-refractivity contribution is 0.0596.